The Hall–Kier alpha value is -3.44. The smallest absolute Gasteiger partial charge is 0.410 e. The van der Waals surface area contributed by atoms with Crippen molar-refractivity contribution in [3.63, 3.8) is 0 Å². The second kappa shape index (κ2) is 10.1. The first-order valence-corrected chi connectivity index (χ1v) is 13.5. The number of aryl methyl sites for hydroxylation is 1. The van der Waals surface area contributed by atoms with Gasteiger partial charge in [0.1, 0.15) is 6.61 Å². The van der Waals surface area contributed by atoms with Crippen LogP contribution in [0, 0.1) is 5.92 Å². The highest BCUT2D eigenvalue weighted by Crippen LogP contribution is 2.44. The summed E-state index contributed by atoms with van der Waals surface area (Å²) < 4.78 is 11.8. The van der Waals surface area contributed by atoms with E-state index in [1.54, 1.807) is 0 Å². The minimum absolute atomic E-state index is 0.0298. The molecule has 0 spiro atoms. The lowest BCUT2D eigenvalue weighted by Crippen LogP contribution is -2.60. The van der Waals surface area contributed by atoms with Crippen molar-refractivity contribution in [2.24, 2.45) is 5.92 Å². The fourth-order valence-electron chi connectivity index (χ4n) is 6.46. The Kier molecular flexibility index (Phi) is 6.56. The van der Waals surface area contributed by atoms with Crippen LogP contribution < -0.4 is 0 Å². The summed E-state index contributed by atoms with van der Waals surface area (Å²) in [6, 6.07) is 24.5. The summed E-state index contributed by atoms with van der Waals surface area (Å²) in [5.74, 6) is 0.0999. The van der Waals surface area contributed by atoms with Gasteiger partial charge in [0.2, 0.25) is 0 Å². The molecule has 3 aliphatic rings. The molecule has 2 fully saturated rings. The Labute approximate surface area is 218 Å². The van der Waals surface area contributed by atoms with Crippen LogP contribution in [0.4, 0.5) is 4.79 Å². The normalized spacial score (nSPS) is 22.3. The van der Waals surface area contributed by atoms with Crippen molar-refractivity contribution < 1.29 is 19.1 Å². The van der Waals surface area contributed by atoms with Gasteiger partial charge in [-0.25, -0.2) is 4.79 Å². The van der Waals surface area contributed by atoms with Crippen molar-refractivity contribution in [1.82, 2.24) is 4.90 Å². The van der Waals surface area contributed by atoms with Gasteiger partial charge >= 0.3 is 6.09 Å². The number of morpholine rings is 1. The van der Waals surface area contributed by atoms with Crippen molar-refractivity contribution in [2.75, 3.05) is 19.8 Å². The molecule has 5 nitrogen and oxygen atoms in total. The predicted molar refractivity (Wildman–Crippen MR) is 143 cm³/mol. The molecule has 2 heterocycles. The summed E-state index contributed by atoms with van der Waals surface area (Å²) in [5.41, 5.74) is 6.86. The van der Waals surface area contributed by atoms with Gasteiger partial charge < -0.3 is 9.47 Å². The van der Waals surface area contributed by atoms with Crippen molar-refractivity contribution in [3.8, 4) is 11.1 Å². The lowest BCUT2D eigenvalue weighted by atomic mass is 9.80. The van der Waals surface area contributed by atoms with Gasteiger partial charge in [-0.05, 0) is 47.1 Å². The minimum Gasteiger partial charge on any atom is -0.448 e. The maximum atomic E-state index is 13.4. The molecular formula is C32H33NO4. The quantitative estimate of drug-likeness (QED) is 0.379. The summed E-state index contributed by atoms with van der Waals surface area (Å²) in [6.45, 7) is 3.35. The zero-order chi connectivity index (χ0) is 25.4. The lowest BCUT2D eigenvalue weighted by Gasteiger charge is -2.47. The summed E-state index contributed by atoms with van der Waals surface area (Å²) in [6.07, 6.45) is 3.03. The number of Topliss-reactive ketones (excluding diaryl/α,β-unsaturated/α-hetero) is 1. The molecule has 2 saturated heterocycles. The van der Waals surface area contributed by atoms with Gasteiger partial charge in [-0.2, -0.15) is 0 Å². The number of ketones is 1. The number of carbonyl (C=O) groups is 2. The van der Waals surface area contributed by atoms with Crippen LogP contribution in [0.2, 0.25) is 0 Å². The minimum atomic E-state index is -0.296. The van der Waals surface area contributed by atoms with Crippen molar-refractivity contribution in [1.29, 1.82) is 0 Å². The fourth-order valence-corrected chi connectivity index (χ4v) is 6.46. The number of amides is 1. The molecule has 2 atom stereocenters. The van der Waals surface area contributed by atoms with Gasteiger partial charge in [0, 0.05) is 17.4 Å². The Morgan fingerprint density at radius 2 is 1.46 bits per heavy atom. The number of fused-ring (bicyclic) bond motifs is 5. The molecule has 0 radical (unpaired) electrons. The first kappa shape index (κ1) is 23.9. The number of ether oxygens (including phenoxy) is 2. The molecule has 190 valence electrons. The van der Waals surface area contributed by atoms with Crippen LogP contribution in [0.1, 0.15) is 59.2 Å². The van der Waals surface area contributed by atoms with Gasteiger partial charge in [0.25, 0.3) is 0 Å². The second-order valence-corrected chi connectivity index (χ2v) is 10.5. The molecule has 2 aliphatic heterocycles. The number of rotatable bonds is 6. The maximum Gasteiger partial charge on any atom is 0.410 e. The molecule has 0 saturated carbocycles. The number of hydrogen-bond donors (Lipinski definition) is 0. The van der Waals surface area contributed by atoms with Crippen LogP contribution >= 0.6 is 0 Å². The standard InChI is InChI=1S/C32H33NO4/c1-2-7-21-12-14-22(15-13-21)31(34)23-16-24-18-36-19-25(17-23)33(24)32(35)37-20-30-28-10-5-3-8-26(28)27-9-4-6-11-29(27)30/h3-6,8-15,23-25,30H,2,7,16-20H2,1H3. The molecule has 3 aromatic carbocycles. The van der Waals surface area contributed by atoms with Gasteiger partial charge in [0.15, 0.2) is 5.78 Å². The molecule has 37 heavy (non-hydrogen) atoms. The van der Waals surface area contributed by atoms with Crippen LogP contribution in [-0.2, 0) is 15.9 Å². The average Bonchev–Trinajstić information content (AvgIpc) is 3.25. The monoisotopic (exact) mass is 495 g/mol. The van der Waals surface area contributed by atoms with Crippen molar-refractivity contribution in [2.45, 2.75) is 50.6 Å². The van der Waals surface area contributed by atoms with Gasteiger partial charge in [0.05, 0.1) is 25.3 Å². The third-order valence-electron chi connectivity index (χ3n) is 8.22. The van der Waals surface area contributed by atoms with E-state index in [2.05, 4.69) is 55.5 Å². The maximum absolute atomic E-state index is 13.4. The van der Waals surface area contributed by atoms with Crippen molar-refractivity contribution >= 4 is 11.9 Å². The fraction of sp³-hybridized carbons (Fsp3) is 0.375. The first-order valence-electron chi connectivity index (χ1n) is 13.5. The van der Waals surface area contributed by atoms with Crippen molar-refractivity contribution in [3.05, 3.63) is 95.1 Å². The van der Waals surface area contributed by atoms with E-state index in [1.165, 1.54) is 27.8 Å². The number of nitrogens with zero attached hydrogens (tertiary/aromatic N) is 1. The topological polar surface area (TPSA) is 55.8 Å². The molecule has 2 bridgehead atoms. The molecule has 0 N–H and O–H groups in total. The van der Waals surface area contributed by atoms with E-state index >= 15 is 0 Å². The first-order chi connectivity index (χ1) is 18.1. The van der Waals surface area contributed by atoms with E-state index in [-0.39, 0.29) is 35.8 Å². The number of piperidine rings is 1. The summed E-state index contributed by atoms with van der Waals surface area (Å²) >= 11 is 0. The number of carbonyl (C=O) groups excluding carboxylic acids is 2. The van der Waals surface area contributed by atoms with Crippen LogP contribution in [0.15, 0.2) is 72.8 Å². The Bertz CT molecular complexity index is 1240. The van der Waals surface area contributed by atoms with E-state index in [0.717, 1.165) is 18.4 Å². The molecule has 1 aliphatic carbocycles. The van der Waals surface area contributed by atoms with E-state index < -0.39 is 0 Å². The van der Waals surface area contributed by atoms with Crippen LogP contribution in [0.25, 0.3) is 11.1 Å². The van der Waals surface area contributed by atoms with Crippen LogP contribution in [0.3, 0.4) is 0 Å². The highest BCUT2D eigenvalue weighted by Gasteiger charge is 2.45. The van der Waals surface area contributed by atoms with E-state index in [0.29, 0.717) is 32.7 Å². The SMILES string of the molecule is CCCc1ccc(C(=O)C2CC3COCC(C2)N3C(=O)OCC2c3ccccc3-c3ccccc32)cc1. The third kappa shape index (κ3) is 4.46. The summed E-state index contributed by atoms with van der Waals surface area (Å²) in [5, 5.41) is 0. The highest BCUT2D eigenvalue weighted by molar-refractivity contribution is 5.98. The second-order valence-electron chi connectivity index (χ2n) is 10.5. The molecule has 6 rings (SSSR count). The predicted octanol–water partition coefficient (Wildman–Crippen LogP) is 6.25. The summed E-state index contributed by atoms with van der Waals surface area (Å²) in [7, 11) is 0. The molecule has 5 heteroatoms. The Morgan fingerprint density at radius 3 is 2.05 bits per heavy atom. The van der Waals surface area contributed by atoms with E-state index in [1.807, 2.05) is 29.2 Å². The number of hydrogen-bond acceptors (Lipinski definition) is 4. The van der Waals surface area contributed by atoms with E-state index in [4.69, 9.17) is 9.47 Å². The van der Waals surface area contributed by atoms with Gasteiger partial charge in [-0.3, -0.25) is 9.69 Å². The lowest BCUT2D eigenvalue weighted by molar-refractivity contribution is -0.0747. The van der Waals surface area contributed by atoms with Gasteiger partial charge in [-0.15, -0.1) is 0 Å². The summed E-state index contributed by atoms with van der Waals surface area (Å²) in [4.78, 5) is 28.6. The highest BCUT2D eigenvalue weighted by atomic mass is 16.6. The zero-order valence-corrected chi connectivity index (χ0v) is 21.3. The van der Waals surface area contributed by atoms with Crippen LogP contribution in [-0.4, -0.2) is 48.7 Å². The number of benzene rings is 3. The third-order valence-corrected chi connectivity index (χ3v) is 8.22. The largest absolute Gasteiger partial charge is 0.448 e. The zero-order valence-electron chi connectivity index (χ0n) is 21.3. The Balaban J connectivity index is 1.14. The molecule has 2 unspecified atom stereocenters. The van der Waals surface area contributed by atoms with Crippen LogP contribution in [0.5, 0.6) is 0 Å². The molecule has 3 aromatic rings. The molecule has 0 aromatic heterocycles. The average molecular weight is 496 g/mol. The van der Waals surface area contributed by atoms with E-state index in [9.17, 15) is 9.59 Å². The molecular weight excluding hydrogens is 462 g/mol. The molecule has 1 amide bonds. The Morgan fingerprint density at radius 1 is 0.865 bits per heavy atom. The van der Waals surface area contributed by atoms with Gasteiger partial charge in [-0.1, -0.05) is 86.1 Å².